The average Bonchev–Trinajstić information content (AvgIpc) is 2.83. The molecule has 0 saturated carbocycles. The first-order valence-electron chi connectivity index (χ1n) is 10.4. The molecule has 0 heterocycles. The zero-order valence-corrected chi connectivity index (χ0v) is 18.2. The van der Waals surface area contributed by atoms with E-state index >= 15 is 0 Å². The second-order valence-electron chi connectivity index (χ2n) is 7.51. The summed E-state index contributed by atoms with van der Waals surface area (Å²) in [4.78, 5) is 0. The molecule has 31 heavy (non-hydrogen) atoms. The molecule has 0 radical (unpaired) electrons. The molecule has 0 saturated heterocycles. The van der Waals surface area contributed by atoms with Crippen LogP contribution in [0, 0.1) is 5.82 Å². The van der Waals surface area contributed by atoms with Crippen LogP contribution in [0.2, 0.25) is 0 Å². The van der Waals surface area contributed by atoms with Crippen molar-refractivity contribution in [3.05, 3.63) is 121 Å². The fourth-order valence-electron chi connectivity index (χ4n) is 4.20. The fraction of sp³-hybridized carbons (Fsp3) is 0.111. The third-order valence-corrected chi connectivity index (χ3v) is 10.5. The van der Waals surface area contributed by atoms with Gasteiger partial charge < -0.3 is 0 Å². The summed E-state index contributed by atoms with van der Waals surface area (Å²) in [6.45, 7) is -0.476. The van der Waals surface area contributed by atoms with E-state index in [0.29, 0.717) is 5.75 Å². The normalized spacial score (nSPS) is 11.8. The Hall–Kier alpha value is -3.03. The van der Waals surface area contributed by atoms with E-state index in [0.717, 1.165) is 11.7 Å². The Balaban J connectivity index is 1.91. The fourth-order valence-corrected chi connectivity index (χ4v) is 8.90. The standard InChI is InChI=1S/C27H25F2OP/c28-18-19-30-24-14-16-27(17-15-24)31(25-10-3-1-4-11-25,26-12-5-2-6-13-26)21-22-8-7-9-23(29)20-22/h1-17,20,31H,18-19,21H2. The maximum atomic E-state index is 14.1. The first-order chi connectivity index (χ1) is 15.2. The zero-order chi connectivity index (χ0) is 21.5. The predicted molar refractivity (Wildman–Crippen MR) is 128 cm³/mol. The summed E-state index contributed by atoms with van der Waals surface area (Å²) >= 11 is 0. The van der Waals surface area contributed by atoms with Gasteiger partial charge in [-0.1, -0.05) is 0 Å². The van der Waals surface area contributed by atoms with E-state index < -0.39 is 13.9 Å². The van der Waals surface area contributed by atoms with E-state index in [2.05, 4.69) is 60.7 Å². The van der Waals surface area contributed by atoms with E-state index in [4.69, 9.17) is 4.74 Å². The molecule has 4 rings (SSSR count). The number of ether oxygens (including phenoxy) is 1. The maximum absolute atomic E-state index is 14.1. The minimum absolute atomic E-state index is 0.0442. The number of halogens is 2. The van der Waals surface area contributed by atoms with E-state index in [9.17, 15) is 8.78 Å². The number of alkyl halides is 1. The van der Waals surface area contributed by atoms with Crippen LogP contribution in [0.25, 0.3) is 0 Å². The quantitative estimate of drug-likeness (QED) is 0.338. The van der Waals surface area contributed by atoms with Crippen LogP contribution in [0.5, 0.6) is 5.75 Å². The SMILES string of the molecule is FCCOc1ccc([PH](Cc2cccc(F)c2)(c2ccccc2)c2ccccc2)cc1. The summed E-state index contributed by atoms with van der Waals surface area (Å²) in [5.74, 6) is 0.424. The second-order valence-corrected chi connectivity index (χ2v) is 11.4. The molecule has 0 aliphatic carbocycles. The molecule has 4 aromatic carbocycles. The van der Waals surface area contributed by atoms with Gasteiger partial charge in [0, 0.05) is 0 Å². The number of hydrogen-bond acceptors (Lipinski definition) is 1. The zero-order valence-electron chi connectivity index (χ0n) is 17.2. The molecule has 0 fully saturated rings. The summed E-state index contributed by atoms with van der Waals surface area (Å²) in [6.07, 6.45) is 0.726. The van der Waals surface area contributed by atoms with Gasteiger partial charge in [0.2, 0.25) is 0 Å². The van der Waals surface area contributed by atoms with Crippen molar-refractivity contribution in [3.63, 3.8) is 0 Å². The van der Waals surface area contributed by atoms with Gasteiger partial charge in [-0.3, -0.25) is 0 Å². The number of benzene rings is 4. The first-order valence-corrected chi connectivity index (χ1v) is 12.6. The van der Waals surface area contributed by atoms with Crippen LogP contribution in [-0.2, 0) is 6.16 Å². The van der Waals surface area contributed by atoms with Crippen LogP contribution < -0.4 is 20.7 Å². The Kier molecular flexibility index (Phi) is 6.74. The Bertz CT molecular complexity index is 1060. The molecule has 0 aliphatic heterocycles. The van der Waals surface area contributed by atoms with Crippen LogP contribution in [0.1, 0.15) is 5.56 Å². The molecular weight excluding hydrogens is 409 g/mol. The molecule has 0 amide bonds. The summed E-state index contributed by atoms with van der Waals surface area (Å²) in [5.41, 5.74) is 0.970. The van der Waals surface area contributed by atoms with Crippen LogP contribution in [0.15, 0.2) is 109 Å². The van der Waals surface area contributed by atoms with Crippen LogP contribution in [0.4, 0.5) is 8.78 Å². The molecule has 1 nitrogen and oxygen atoms in total. The van der Waals surface area contributed by atoms with Crippen molar-refractivity contribution in [1.29, 1.82) is 0 Å². The second kappa shape index (κ2) is 9.85. The van der Waals surface area contributed by atoms with Crippen molar-refractivity contribution in [3.8, 4) is 5.75 Å². The van der Waals surface area contributed by atoms with Gasteiger partial charge in [0.25, 0.3) is 0 Å². The molecule has 0 spiro atoms. The van der Waals surface area contributed by atoms with Gasteiger partial charge in [0.15, 0.2) is 0 Å². The molecule has 0 N–H and O–H groups in total. The van der Waals surface area contributed by atoms with Crippen LogP contribution in [-0.4, -0.2) is 13.3 Å². The Morgan fingerprint density at radius 2 is 1.23 bits per heavy atom. The molecule has 0 unspecified atom stereocenters. The molecular formula is C27H25F2OP. The molecule has 158 valence electrons. The Morgan fingerprint density at radius 1 is 0.645 bits per heavy atom. The topological polar surface area (TPSA) is 9.23 Å². The van der Waals surface area contributed by atoms with Crippen molar-refractivity contribution < 1.29 is 13.5 Å². The van der Waals surface area contributed by atoms with Gasteiger partial charge in [0.1, 0.15) is 0 Å². The average molecular weight is 434 g/mol. The Labute approximate surface area is 182 Å². The van der Waals surface area contributed by atoms with Crippen LogP contribution in [0.3, 0.4) is 0 Å². The van der Waals surface area contributed by atoms with Gasteiger partial charge >= 0.3 is 182 Å². The van der Waals surface area contributed by atoms with Gasteiger partial charge in [-0.2, -0.15) is 0 Å². The third-order valence-electron chi connectivity index (χ3n) is 5.58. The molecule has 0 aliphatic rings. The molecule has 0 bridgehead atoms. The van der Waals surface area contributed by atoms with Crippen molar-refractivity contribution in [2.24, 2.45) is 0 Å². The van der Waals surface area contributed by atoms with Crippen LogP contribution >= 0.6 is 7.26 Å². The number of rotatable bonds is 8. The van der Waals surface area contributed by atoms with E-state index in [-0.39, 0.29) is 12.4 Å². The summed E-state index contributed by atoms with van der Waals surface area (Å²) in [7, 11) is -2.54. The summed E-state index contributed by atoms with van der Waals surface area (Å²) in [5, 5.41) is 3.70. The van der Waals surface area contributed by atoms with E-state index in [1.54, 1.807) is 12.1 Å². The third kappa shape index (κ3) is 4.68. The Morgan fingerprint density at radius 3 is 1.77 bits per heavy atom. The molecule has 4 aromatic rings. The molecule has 4 heteroatoms. The van der Waals surface area contributed by atoms with Gasteiger partial charge in [-0.25, -0.2) is 0 Å². The van der Waals surface area contributed by atoms with E-state index in [1.165, 1.54) is 22.0 Å². The van der Waals surface area contributed by atoms with E-state index in [1.807, 2.05) is 30.3 Å². The predicted octanol–water partition coefficient (Wildman–Crippen LogP) is 5.40. The summed E-state index contributed by atoms with van der Waals surface area (Å²) in [6, 6.07) is 35.8. The first kappa shape index (κ1) is 21.2. The van der Waals surface area contributed by atoms with Crippen molar-refractivity contribution in [1.82, 2.24) is 0 Å². The van der Waals surface area contributed by atoms with Crippen molar-refractivity contribution in [2.45, 2.75) is 6.16 Å². The molecule has 0 aromatic heterocycles. The van der Waals surface area contributed by atoms with Gasteiger partial charge in [0.05, 0.1) is 0 Å². The van der Waals surface area contributed by atoms with Crippen molar-refractivity contribution in [2.75, 3.05) is 13.3 Å². The molecule has 0 atom stereocenters. The summed E-state index contributed by atoms with van der Waals surface area (Å²) < 4.78 is 32.1. The van der Waals surface area contributed by atoms with Gasteiger partial charge in [-0.15, -0.1) is 0 Å². The monoisotopic (exact) mass is 434 g/mol. The number of hydrogen-bond donors (Lipinski definition) is 0. The van der Waals surface area contributed by atoms with Crippen molar-refractivity contribution >= 4 is 23.2 Å². The minimum atomic E-state index is -2.54. The van der Waals surface area contributed by atoms with Gasteiger partial charge in [-0.05, 0) is 0 Å².